The molecular formula is C35H31FN2O4S. The zero-order valence-corrected chi connectivity index (χ0v) is 24.7. The second kappa shape index (κ2) is 12.1. The van der Waals surface area contributed by atoms with Gasteiger partial charge in [-0.1, -0.05) is 47.6 Å². The van der Waals surface area contributed by atoms with Gasteiger partial charge in [-0.05, 0) is 73.5 Å². The summed E-state index contributed by atoms with van der Waals surface area (Å²) in [6, 6.07) is 25.2. The van der Waals surface area contributed by atoms with E-state index < -0.39 is 23.7 Å². The molecule has 1 N–H and O–H groups in total. The summed E-state index contributed by atoms with van der Waals surface area (Å²) < 4.78 is 17.5. The first-order valence-corrected chi connectivity index (χ1v) is 15.4. The number of rotatable bonds is 8. The molecule has 6 rings (SSSR count). The number of hydrogen-bond acceptors (Lipinski definition) is 6. The Morgan fingerprint density at radius 3 is 2.30 bits per heavy atom. The average Bonchev–Trinajstić information content (AvgIpc) is 3.67. The fraction of sp³-hybridized carbons (Fsp3) is 0.229. The first-order valence-electron chi connectivity index (χ1n) is 14.4. The van der Waals surface area contributed by atoms with E-state index in [9.17, 15) is 14.7 Å². The molecule has 0 aliphatic carbocycles. The van der Waals surface area contributed by atoms with Crippen molar-refractivity contribution in [3.05, 3.63) is 119 Å². The third kappa shape index (κ3) is 5.60. The predicted octanol–water partition coefficient (Wildman–Crippen LogP) is 7.43. The van der Waals surface area contributed by atoms with Gasteiger partial charge >= 0.3 is 5.97 Å². The Morgan fingerprint density at radius 1 is 0.977 bits per heavy atom. The molecule has 1 aliphatic rings. The molecule has 0 saturated carbocycles. The summed E-state index contributed by atoms with van der Waals surface area (Å²) in [5.41, 5.74) is 4.77. The number of nitrogens with zero attached hydrogens (tertiary/aromatic N) is 2. The fourth-order valence-electron chi connectivity index (χ4n) is 5.83. The molecule has 1 aromatic heterocycles. The first-order chi connectivity index (χ1) is 20.9. The summed E-state index contributed by atoms with van der Waals surface area (Å²) in [6.07, 6.45) is 1.17. The molecule has 0 amide bonds. The largest absolute Gasteiger partial charge is 0.387 e. The topological polar surface area (TPSA) is 80.9 Å². The summed E-state index contributed by atoms with van der Waals surface area (Å²) in [6.45, 7) is 4.06. The Kier molecular flexibility index (Phi) is 8.15. The molecular weight excluding hydrogens is 563 g/mol. The van der Waals surface area contributed by atoms with Crippen LogP contribution in [0.4, 0.5) is 4.39 Å². The van der Waals surface area contributed by atoms with Crippen LogP contribution in [-0.2, 0) is 16.2 Å². The second-order valence-corrected chi connectivity index (χ2v) is 12.0. The zero-order chi connectivity index (χ0) is 30.1. The van der Waals surface area contributed by atoms with Crippen LogP contribution >= 0.6 is 11.8 Å². The lowest BCUT2D eigenvalue weighted by atomic mass is 9.96. The minimum atomic E-state index is -0.762. The van der Waals surface area contributed by atoms with Crippen LogP contribution in [0.15, 0.2) is 90.1 Å². The van der Waals surface area contributed by atoms with Crippen molar-refractivity contribution in [3.8, 4) is 0 Å². The number of aromatic nitrogens is 1. The van der Waals surface area contributed by atoms with E-state index in [2.05, 4.69) is 16.6 Å². The molecule has 218 valence electrons. The summed E-state index contributed by atoms with van der Waals surface area (Å²) in [5, 5.41) is 16.7. The Bertz CT molecular complexity index is 1880. The van der Waals surface area contributed by atoms with Crippen molar-refractivity contribution in [1.82, 2.24) is 4.57 Å². The number of halogens is 1. The third-order valence-electron chi connectivity index (χ3n) is 7.93. The van der Waals surface area contributed by atoms with Crippen LogP contribution in [0.3, 0.4) is 0 Å². The standard InChI is InChI=1S/C35H31FN2O4S/c1-3-38-30-15-12-23(33(37-42-21(2)39)22-8-5-4-6-9-22)18-27(30)28-19-24(13-16-31(28)38)34(40)26-14-11-25(20-29(26)36)35(41)32-10-7-17-43-32/h4-6,8-9,11-16,18-20,32,35,41H,3,7,10,17H2,1-2H3/b37-33+. The number of carbonyl (C=O) groups excluding carboxylic acids is 2. The van der Waals surface area contributed by atoms with Crippen molar-refractivity contribution in [3.63, 3.8) is 0 Å². The second-order valence-electron chi connectivity index (χ2n) is 10.7. The lowest BCUT2D eigenvalue weighted by Gasteiger charge is -2.18. The van der Waals surface area contributed by atoms with Crippen molar-refractivity contribution in [2.75, 3.05) is 5.75 Å². The lowest BCUT2D eigenvalue weighted by Crippen LogP contribution is -2.13. The van der Waals surface area contributed by atoms with Crippen LogP contribution < -0.4 is 0 Å². The summed E-state index contributed by atoms with van der Waals surface area (Å²) in [5.74, 6) is -0.596. The van der Waals surface area contributed by atoms with Gasteiger partial charge in [0.05, 0.1) is 11.7 Å². The van der Waals surface area contributed by atoms with Crippen molar-refractivity contribution in [1.29, 1.82) is 0 Å². The Labute approximate surface area is 253 Å². The van der Waals surface area contributed by atoms with Crippen LogP contribution in [0.2, 0.25) is 0 Å². The number of aliphatic hydroxyl groups excluding tert-OH is 1. The Morgan fingerprint density at radius 2 is 1.67 bits per heavy atom. The highest BCUT2D eigenvalue weighted by atomic mass is 32.2. The number of oxime groups is 1. The molecule has 0 radical (unpaired) electrons. The molecule has 4 aromatic carbocycles. The number of benzene rings is 4. The molecule has 0 spiro atoms. The average molecular weight is 595 g/mol. The van der Waals surface area contributed by atoms with Crippen molar-refractivity contribution >= 4 is 51.0 Å². The maximum Gasteiger partial charge on any atom is 0.332 e. The minimum Gasteiger partial charge on any atom is -0.387 e. The minimum absolute atomic E-state index is 0.0332. The van der Waals surface area contributed by atoms with Crippen molar-refractivity contribution in [2.45, 2.75) is 44.6 Å². The molecule has 8 heteroatoms. The van der Waals surface area contributed by atoms with Gasteiger partial charge in [0, 0.05) is 57.2 Å². The van der Waals surface area contributed by atoms with Gasteiger partial charge < -0.3 is 14.5 Å². The van der Waals surface area contributed by atoms with Gasteiger partial charge in [0.1, 0.15) is 11.5 Å². The number of carbonyl (C=O) groups is 2. The maximum atomic E-state index is 15.3. The molecule has 1 saturated heterocycles. The van der Waals surface area contributed by atoms with Crippen LogP contribution in [0.1, 0.15) is 65.4 Å². The molecule has 2 unspecified atom stereocenters. The van der Waals surface area contributed by atoms with Crippen LogP contribution in [0, 0.1) is 5.82 Å². The van der Waals surface area contributed by atoms with E-state index in [1.165, 1.54) is 19.1 Å². The number of fused-ring (bicyclic) bond motifs is 3. The first kappa shape index (κ1) is 28.8. The van der Waals surface area contributed by atoms with Gasteiger partial charge in [0.15, 0.2) is 5.78 Å². The maximum absolute atomic E-state index is 15.3. The van der Waals surface area contributed by atoms with Crippen LogP contribution in [-0.4, -0.2) is 38.1 Å². The summed E-state index contributed by atoms with van der Waals surface area (Å²) in [4.78, 5) is 30.2. The van der Waals surface area contributed by atoms with E-state index in [-0.39, 0.29) is 10.8 Å². The van der Waals surface area contributed by atoms with E-state index >= 15 is 4.39 Å². The molecule has 6 nitrogen and oxygen atoms in total. The van der Waals surface area contributed by atoms with E-state index in [0.717, 1.165) is 51.5 Å². The molecule has 1 fully saturated rings. The van der Waals surface area contributed by atoms with E-state index in [1.54, 1.807) is 30.0 Å². The molecule has 2 atom stereocenters. The lowest BCUT2D eigenvalue weighted by molar-refractivity contribution is -0.140. The number of aryl methyl sites for hydroxylation is 1. The van der Waals surface area contributed by atoms with Gasteiger partial charge in [-0.3, -0.25) is 4.79 Å². The highest BCUT2D eigenvalue weighted by Gasteiger charge is 2.26. The molecule has 43 heavy (non-hydrogen) atoms. The molecule has 5 aromatic rings. The predicted molar refractivity (Wildman–Crippen MR) is 169 cm³/mol. The Balaban J connectivity index is 1.41. The van der Waals surface area contributed by atoms with E-state index in [4.69, 9.17) is 4.84 Å². The zero-order valence-electron chi connectivity index (χ0n) is 23.9. The highest BCUT2D eigenvalue weighted by Crippen LogP contribution is 2.37. The van der Waals surface area contributed by atoms with Crippen LogP contribution in [0.5, 0.6) is 0 Å². The van der Waals surface area contributed by atoms with Gasteiger partial charge in [0.25, 0.3) is 0 Å². The monoisotopic (exact) mass is 594 g/mol. The third-order valence-corrected chi connectivity index (χ3v) is 9.37. The van der Waals surface area contributed by atoms with Gasteiger partial charge in [-0.25, -0.2) is 9.18 Å². The number of hydrogen-bond donors (Lipinski definition) is 1. The molecule has 0 bridgehead atoms. The smallest absolute Gasteiger partial charge is 0.332 e. The number of ketones is 1. The highest BCUT2D eigenvalue weighted by molar-refractivity contribution is 8.00. The van der Waals surface area contributed by atoms with E-state index in [0.29, 0.717) is 23.4 Å². The van der Waals surface area contributed by atoms with Gasteiger partial charge in [0.2, 0.25) is 0 Å². The van der Waals surface area contributed by atoms with Crippen molar-refractivity contribution < 1.29 is 23.9 Å². The fourth-order valence-corrected chi connectivity index (χ4v) is 7.14. The van der Waals surface area contributed by atoms with Crippen LogP contribution in [0.25, 0.3) is 21.8 Å². The van der Waals surface area contributed by atoms with Crippen molar-refractivity contribution in [2.24, 2.45) is 5.16 Å². The molecule has 1 aliphatic heterocycles. The SMILES string of the molecule is CCn1c2ccc(C(=O)c3ccc(C(O)C4CCCS4)cc3F)cc2c2cc(/C(=N/OC(C)=O)c3ccccc3)ccc21. The normalized spacial score (nSPS) is 16.1. The van der Waals surface area contributed by atoms with Gasteiger partial charge in [-0.2, -0.15) is 11.8 Å². The quantitative estimate of drug-likeness (QED) is 0.0875. The van der Waals surface area contributed by atoms with E-state index in [1.807, 2.05) is 54.6 Å². The Hall–Kier alpha value is -4.27. The molecule has 2 heterocycles. The number of thioether (sulfide) groups is 1. The summed E-state index contributed by atoms with van der Waals surface area (Å²) >= 11 is 1.70. The summed E-state index contributed by atoms with van der Waals surface area (Å²) in [7, 11) is 0. The number of aliphatic hydroxyl groups is 1. The van der Waals surface area contributed by atoms with Gasteiger partial charge in [-0.15, -0.1) is 0 Å².